The molecule has 170 valence electrons. The Morgan fingerprint density at radius 2 is 1.88 bits per heavy atom. The van der Waals surface area contributed by atoms with Crippen molar-refractivity contribution in [2.24, 2.45) is 0 Å². The number of nitrogens with zero attached hydrogens (tertiary/aromatic N) is 2. The van der Waals surface area contributed by atoms with Gasteiger partial charge in [0.2, 0.25) is 0 Å². The van der Waals surface area contributed by atoms with Crippen molar-refractivity contribution < 1.29 is 22.7 Å². The zero-order chi connectivity index (χ0) is 23.5. The number of carbonyl (C=O) groups is 1. The van der Waals surface area contributed by atoms with Gasteiger partial charge in [-0.15, -0.1) is 0 Å². The van der Waals surface area contributed by atoms with Crippen LogP contribution in [0.1, 0.15) is 28.4 Å². The van der Waals surface area contributed by atoms with Crippen LogP contribution < -0.4 is 0 Å². The maximum atomic E-state index is 14.3. The maximum absolute atomic E-state index is 14.3. The van der Waals surface area contributed by atoms with Crippen LogP contribution in [0.4, 0.5) is 13.2 Å². The number of rotatable bonds is 7. The van der Waals surface area contributed by atoms with Crippen molar-refractivity contribution in [1.82, 2.24) is 9.55 Å². The van der Waals surface area contributed by atoms with E-state index in [1.54, 1.807) is 37.3 Å². The Morgan fingerprint density at radius 1 is 1.09 bits per heavy atom. The third-order valence-electron chi connectivity index (χ3n) is 4.94. The van der Waals surface area contributed by atoms with Crippen LogP contribution in [-0.2, 0) is 17.0 Å². The van der Waals surface area contributed by atoms with E-state index in [1.807, 2.05) is 4.57 Å². The molecular weight excluding hydrogens is 473 g/mol. The fourth-order valence-electron chi connectivity index (χ4n) is 3.37. The molecule has 1 heterocycles. The number of thioether (sulfide) groups is 1. The number of hydrogen-bond acceptors (Lipinski definition) is 4. The summed E-state index contributed by atoms with van der Waals surface area (Å²) in [5, 5.41) is 0.204. The molecule has 4 nitrogen and oxygen atoms in total. The van der Waals surface area contributed by atoms with Crippen LogP contribution in [0.2, 0.25) is 5.02 Å². The first-order chi connectivity index (χ1) is 15.9. The summed E-state index contributed by atoms with van der Waals surface area (Å²) < 4.78 is 48.7. The van der Waals surface area contributed by atoms with Gasteiger partial charge >= 0.3 is 5.97 Å². The smallest absolute Gasteiger partial charge is 0.338 e. The number of aromatic nitrogens is 2. The van der Waals surface area contributed by atoms with Gasteiger partial charge in [-0.05, 0) is 55.0 Å². The highest BCUT2D eigenvalue weighted by molar-refractivity contribution is 7.98. The van der Waals surface area contributed by atoms with Gasteiger partial charge < -0.3 is 9.30 Å². The molecule has 0 saturated heterocycles. The number of ether oxygens (including phenoxy) is 1. The van der Waals surface area contributed by atoms with Crippen LogP contribution in [0.25, 0.3) is 11.0 Å². The number of esters is 1. The predicted octanol–water partition coefficient (Wildman–Crippen LogP) is 6.62. The van der Waals surface area contributed by atoms with Crippen LogP contribution >= 0.6 is 23.4 Å². The highest BCUT2D eigenvalue weighted by Gasteiger charge is 2.18. The molecule has 4 rings (SSSR count). The first-order valence-corrected chi connectivity index (χ1v) is 11.4. The Balaban J connectivity index is 1.74. The molecule has 0 saturated carbocycles. The lowest BCUT2D eigenvalue weighted by molar-refractivity contribution is 0.0526. The molecule has 0 aliphatic rings. The van der Waals surface area contributed by atoms with E-state index in [9.17, 15) is 18.0 Å². The summed E-state index contributed by atoms with van der Waals surface area (Å²) in [5.41, 5.74) is 2.28. The molecule has 0 bridgehead atoms. The van der Waals surface area contributed by atoms with Gasteiger partial charge in [-0.2, -0.15) is 0 Å². The second-order valence-corrected chi connectivity index (χ2v) is 8.47. The number of benzene rings is 3. The SMILES string of the molecule is CCOC(=O)c1ccc2c(c1)nc(SCc1c(F)ccc(F)c1Cl)n2Cc1cccc(F)c1. The second kappa shape index (κ2) is 9.89. The Labute approximate surface area is 197 Å². The third kappa shape index (κ3) is 5.02. The van der Waals surface area contributed by atoms with Gasteiger partial charge in [-0.1, -0.05) is 35.5 Å². The first-order valence-electron chi connectivity index (χ1n) is 10.0. The minimum atomic E-state index is -0.707. The van der Waals surface area contributed by atoms with Crippen molar-refractivity contribution in [2.45, 2.75) is 24.4 Å². The summed E-state index contributed by atoms with van der Waals surface area (Å²) in [6.45, 7) is 2.25. The fraction of sp³-hybridized carbons (Fsp3) is 0.167. The average Bonchev–Trinajstić information content (AvgIpc) is 3.13. The lowest BCUT2D eigenvalue weighted by Gasteiger charge is -2.11. The zero-order valence-corrected chi connectivity index (χ0v) is 19.0. The van der Waals surface area contributed by atoms with Crippen molar-refractivity contribution in [2.75, 3.05) is 6.61 Å². The molecule has 0 fully saturated rings. The Bertz CT molecular complexity index is 1340. The molecule has 0 radical (unpaired) electrons. The first kappa shape index (κ1) is 23.2. The number of hydrogen-bond donors (Lipinski definition) is 0. The largest absolute Gasteiger partial charge is 0.462 e. The molecule has 0 atom stereocenters. The van der Waals surface area contributed by atoms with Gasteiger partial charge in [-0.3, -0.25) is 0 Å². The minimum absolute atomic E-state index is 0.0261. The highest BCUT2D eigenvalue weighted by Crippen LogP contribution is 2.32. The van der Waals surface area contributed by atoms with Crippen molar-refractivity contribution >= 4 is 40.4 Å². The van der Waals surface area contributed by atoms with Gasteiger partial charge in [-0.25, -0.2) is 22.9 Å². The summed E-state index contributed by atoms with van der Waals surface area (Å²) in [7, 11) is 0. The molecule has 3 aromatic carbocycles. The van der Waals surface area contributed by atoms with E-state index >= 15 is 0 Å². The Hall–Kier alpha value is -2.97. The molecule has 0 amide bonds. The van der Waals surface area contributed by atoms with Crippen molar-refractivity contribution in [1.29, 1.82) is 0 Å². The molecule has 1 aromatic heterocycles. The molecule has 0 spiro atoms. The van der Waals surface area contributed by atoms with Crippen molar-refractivity contribution in [3.8, 4) is 0 Å². The summed E-state index contributed by atoms with van der Waals surface area (Å²) in [6.07, 6.45) is 0. The standard InChI is InChI=1S/C24H18ClF3N2O2S/c1-2-32-23(31)15-6-9-21-20(11-15)29-24(30(21)12-14-4-3-5-16(26)10-14)33-13-17-18(27)7-8-19(28)22(17)25/h3-11H,2,12-13H2,1H3. The predicted molar refractivity (Wildman–Crippen MR) is 122 cm³/mol. The van der Waals surface area contributed by atoms with Crippen molar-refractivity contribution in [3.63, 3.8) is 0 Å². The molecule has 4 aromatic rings. The average molecular weight is 491 g/mol. The molecular formula is C24H18ClF3N2O2S. The van der Waals surface area contributed by atoms with Gasteiger partial charge in [0, 0.05) is 11.3 Å². The lowest BCUT2D eigenvalue weighted by atomic mass is 10.2. The molecule has 0 unspecified atom stereocenters. The number of carbonyl (C=O) groups excluding carboxylic acids is 1. The van der Waals surface area contributed by atoms with Crippen molar-refractivity contribution in [3.05, 3.63) is 93.8 Å². The van der Waals surface area contributed by atoms with Gasteiger partial charge in [0.15, 0.2) is 5.16 Å². The summed E-state index contributed by atoms with van der Waals surface area (Å²) >= 11 is 7.13. The van der Waals surface area contributed by atoms with Crippen LogP contribution in [0.3, 0.4) is 0 Å². The zero-order valence-electron chi connectivity index (χ0n) is 17.4. The summed E-state index contributed by atoms with van der Waals surface area (Å²) in [4.78, 5) is 16.7. The van der Waals surface area contributed by atoms with E-state index in [0.717, 1.165) is 23.9 Å². The van der Waals surface area contributed by atoms with Crippen LogP contribution in [0.5, 0.6) is 0 Å². The van der Waals surface area contributed by atoms with E-state index in [0.29, 0.717) is 27.3 Å². The van der Waals surface area contributed by atoms with E-state index in [2.05, 4.69) is 4.98 Å². The Morgan fingerprint density at radius 3 is 2.64 bits per heavy atom. The summed E-state index contributed by atoms with van der Waals surface area (Å²) in [6, 6.07) is 13.1. The molecule has 0 aliphatic heterocycles. The summed E-state index contributed by atoms with van der Waals surface area (Å²) in [5.74, 6) is -2.14. The maximum Gasteiger partial charge on any atom is 0.338 e. The number of halogens is 4. The number of imidazole rings is 1. The van der Waals surface area contributed by atoms with Crippen LogP contribution in [-0.4, -0.2) is 22.1 Å². The van der Waals surface area contributed by atoms with E-state index in [1.165, 1.54) is 12.1 Å². The monoisotopic (exact) mass is 490 g/mol. The Kier molecular flexibility index (Phi) is 6.95. The van der Waals surface area contributed by atoms with Gasteiger partial charge in [0.25, 0.3) is 0 Å². The van der Waals surface area contributed by atoms with E-state index in [-0.39, 0.29) is 35.3 Å². The highest BCUT2D eigenvalue weighted by atomic mass is 35.5. The fourth-order valence-corrected chi connectivity index (χ4v) is 4.70. The third-order valence-corrected chi connectivity index (χ3v) is 6.35. The minimum Gasteiger partial charge on any atom is -0.462 e. The van der Waals surface area contributed by atoms with Gasteiger partial charge in [0.1, 0.15) is 17.5 Å². The second-order valence-electron chi connectivity index (χ2n) is 7.14. The normalized spacial score (nSPS) is 11.2. The number of fused-ring (bicyclic) bond motifs is 1. The molecule has 0 N–H and O–H groups in total. The molecule has 0 aliphatic carbocycles. The van der Waals surface area contributed by atoms with Crippen LogP contribution in [0, 0.1) is 17.5 Å². The molecule has 33 heavy (non-hydrogen) atoms. The molecule has 9 heteroatoms. The lowest BCUT2D eigenvalue weighted by Crippen LogP contribution is -2.05. The van der Waals surface area contributed by atoms with Gasteiger partial charge in [0.05, 0.1) is 34.8 Å². The van der Waals surface area contributed by atoms with Crippen LogP contribution in [0.15, 0.2) is 59.8 Å². The topological polar surface area (TPSA) is 44.1 Å². The van der Waals surface area contributed by atoms with E-state index < -0.39 is 17.6 Å². The van der Waals surface area contributed by atoms with E-state index in [4.69, 9.17) is 16.3 Å². The quantitative estimate of drug-likeness (QED) is 0.166.